The molecular weight excluding hydrogens is 464 g/mol. The standard InChI is InChI=1S/C22H34N4O5S2/c27-19(9-14-32)23-11-5-4-8-18(26-20(28)10-15-33)21(29)24-12-13-25-22(30)31-16-17-6-2-1-3-7-17/h1-3,6-7,18,32-33H,4-5,8-16H2,(H,23,27)(H,24,29)(H,25,30)(H,26,28)/t18-/m0/s1. The van der Waals surface area contributed by atoms with Gasteiger partial charge in [0.2, 0.25) is 17.7 Å². The highest BCUT2D eigenvalue weighted by Crippen LogP contribution is 2.03. The Morgan fingerprint density at radius 1 is 0.818 bits per heavy atom. The minimum Gasteiger partial charge on any atom is -0.445 e. The first-order valence-corrected chi connectivity index (χ1v) is 12.2. The molecule has 1 aromatic carbocycles. The van der Waals surface area contributed by atoms with Crippen LogP contribution in [0, 0.1) is 0 Å². The van der Waals surface area contributed by atoms with Gasteiger partial charge in [-0.2, -0.15) is 25.3 Å². The molecule has 4 N–H and O–H groups in total. The summed E-state index contributed by atoms with van der Waals surface area (Å²) in [6.45, 7) is 1.04. The van der Waals surface area contributed by atoms with Crippen molar-refractivity contribution < 1.29 is 23.9 Å². The zero-order valence-electron chi connectivity index (χ0n) is 18.7. The number of benzene rings is 1. The third-order valence-corrected chi connectivity index (χ3v) is 4.92. The quantitative estimate of drug-likeness (QED) is 0.152. The van der Waals surface area contributed by atoms with Gasteiger partial charge in [-0.25, -0.2) is 4.79 Å². The smallest absolute Gasteiger partial charge is 0.407 e. The second kappa shape index (κ2) is 18.1. The van der Waals surface area contributed by atoms with E-state index in [1.165, 1.54) is 0 Å². The normalized spacial score (nSPS) is 11.2. The molecule has 0 spiro atoms. The maximum Gasteiger partial charge on any atom is 0.407 e. The first kappa shape index (κ1) is 28.6. The third kappa shape index (κ3) is 14.4. The predicted octanol–water partition coefficient (Wildman–Crippen LogP) is 1.44. The summed E-state index contributed by atoms with van der Waals surface area (Å²) in [6.07, 6.45) is 1.75. The summed E-state index contributed by atoms with van der Waals surface area (Å²) in [5.74, 6) is 0.226. The lowest BCUT2D eigenvalue weighted by Gasteiger charge is -2.18. The molecule has 0 saturated heterocycles. The van der Waals surface area contributed by atoms with Crippen molar-refractivity contribution >= 4 is 49.1 Å². The average Bonchev–Trinajstić information content (AvgIpc) is 2.80. The number of carbonyl (C=O) groups is 4. The number of hydrogen-bond donors (Lipinski definition) is 6. The molecule has 0 aliphatic carbocycles. The highest BCUT2D eigenvalue weighted by molar-refractivity contribution is 7.80. The first-order valence-electron chi connectivity index (χ1n) is 11.0. The van der Waals surface area contributed by atoms with Gasteiger partial charge in [-0.15, -0.1) is 0 Å². The van der Waals surface area contributed by atoms with E-state index in [0.717, 1.165) is 5.56 Å². The fraction of sp³-hybridized carbons (Fsp3) is 0.545. The van der Waals surface area contributed by atoms with Crippen molar-refractivity contribution in [2.45, 2.75) is 44.8 Å². The molecule has 184 valence electrons. The molecule has 0 aliphatic rings. The van der Waals surface area contributed by atoms with Gasteiger partial charge in [0.25, 0.3) is 0 Å². The van der Waals surface area contributed by atoms with Gasteiger partial charge in [-0.3, -0.25) is 14.4 Å². The van der Waals surface area contributed by atoms with Gasteiger partial charge in [-0.05, 0) is 36.3 Å². The molecule has 0 unspecified atom stereocenters. The number of carbonyl (C=O) groups excluding carboxylic acids is 4. The van der Waals surface area contributed by atoms with Crippen molar-refractivity contribution in [2.24, 2.45) is 0 Å². The zero-order chi connectivity index (χ0) is 24.3. The molecule has 9 nitrogen and oxygen atoms in total. The lowest BCUT2D eigenvalue weighted by Crippen LogP contribution is -2.48. The van der Waals surface area contributed by atoms with E-state index in [0.29, 0.717) is 43.7 Å². The van der Waals surface area contributed by atoms with Crippen molar-refractivity contribution in [3.63, 3.8) is 0 Å². The Hall–Kier alpha value is -2.40. The van der Waals surface area contributed by atoms with E-state index in [2.05, 4.69) is 46.5 Å². The van der Waals surface area contributed by atoms with Crippen LogP contribution in [0.15, 0.2) is 30.3 Å². The highest BCUT2D eigenvalue weighted by atomic mass is 32.1. The van der Waals surface area contributed by atoms with Crippen molar-refractivity contribution in [3.8, 4) is 0 Å². The SMILES string of the molecule is O=C(CCS)NCCCC[C@H](NC(=O)CCS)C(=O)NCCNC(=O)OCc1ccccc1. The topological polar surface area (TPSA) is 126 Å². The van der Waals surface area contributed by atoms with Crippen LogP contribution in [-0.4, -0.2) is 61.0 Å². The summed E-state index contributed by atoms with van der Waals surface area (Å²) in [5, 5.41) is 10.8. The van der Waals surface area contributed by atoms with Gasteiger partial charge in [0.15, 0.2) is 0 Å². The van der Waals surface area contributed by atoms with E-state index in [9.17, 15) is 19.2 Å². The fourth-order valence-electron chi connectivity index (χ4n) is 2.78. The molecule has 0 radical (unpaired) electrons. The summed E-state index contributed by atoms with van der Waals surface area (Å²) in [5.41, 5.74) is 0.877. The van der Waals surface area contributed by atoms with Crippen LogP contribution in [0.5, 0.6) is 0 Å². The number of unbranched alkanes of at least 4 members (excludes halogenated alkanes) is 1. The predicted molar refractivity (Wildman–Crippen MR) is 133 cm³/mol. The molecule has 0 saturated carbocycles. The van der Waals surface area contributed by atoms with Gasteiger partial charge < -0.3 is 26.0 Å². The molecule has 0 fully saturated rings. The molecule has 4 amide bonds. The van der Waals surface area contributed by atoms with Crippen molar-refractivity contribution in [1.82, 2.24) is 21.3 Å². The van der Waals surface area contributed by atoms with Gasteiger partial charge in [0, 0.05) is 32.5 Å². The Morgan fingerprint density at radius 2 is 1.48 bits per heavy atom. The second-order valence-electron chi connectivity index (χ2n) is 7.19. The Morgan fingerprint density at radius 3 is 2.18 bits per heavy atom. The molecule has 0 aliphatic heterocycles. The van der Waals surface area contributed by atoms with Crippen LogP contribution in [0.25, 0.3) is 0 Å². The molecule has 1 rings (SSSR count). The van der Waals surface area contributed by atoms with Crippen molar-refractivity contribution in [1.29, 1.82) is 0 Å². The summed E-state index contributed by atoms with van der Waals surface area (Å²) < 4.78 is 5.11. The summed E-state index contributed by atoms with van der Waals surface area (Å²) in [6, 6.07) is 8.60. The lowest BCUT2D eigenvalue weighted by atomic mass is 10.1. The third-order valence-electron chi connectivity index (χ3n) is 4.48. The Balaban J connectivity index is 2.32. The monoisotopic (exact) mass is 498 g/mol. The number of nitrogens with one attached hydrogen (secondary N) is 4. The van der Waals surface area contributed by atoms with Gasteiger partial charge >= 0.3 is 6.09 Å². The van der Waals surface area contributed by atoms with E-state index >= 15 is 0 Å². The van der Waals surface area contributed by atoms with Crippen LogP contribution in [-0.2, 0) is 25.7 Å². The Kier molecular flexibility index (Phi) is 15.7. The second-order valence-corrected chi connectivity index (χ2v) is 8.09. The fourth-order valence-corrected chi connectivity index (χ4v) is 3.18. The number of amides is 4. The maximum absolute atomic E-state index is 12.5. The number of thiol groups is 2. The lowest BCUT2D eigenvalue weighted by molar-refractivity contribution is -0.129. The van der Waals surface area contributed by atoms with Gasteiger partial charge in [0.05, 0.1) is 0 Å². The molecule has 1 atom stereocenters. The first-order chi connectivity index (χ1) is 16.0. The summed E-state index contributed by atoms with van der Waals surface area (Å²) >= 11 is 8.05. The maximum atomic E-state index is 12.5. The van der Waals surface area contributed by atoms with E-state index in [-0.39, 0.29) is 43.8 Å². The van der Waals surface area contributed by atoms with E-state index in [4.69, 9.17) is 4.74 Å². The summed E-state index contributed by atoms with van der Waals surface area (Å²) in [7, 11) is 0. The van der Waals surface area contributed by atoms with Crippen LogP contribution in [0.1, 0.15) is 37.7 Å². The number of alkyl carbamates (subject to hydrolysis) is 1. The molecule has 0 bridgehead atoms. The minimum atomic E-state index is -0.699. The van der Waals surface area contributed by atoms with Crippen LogP contribution >= 0.6 is 25.3 Å². The molecule has 1 aromatic rings. The molecule has 33 heavy (non-hydrogen) atoms. The van der Waals surface area contributed by atoms with Crippen LogP contribution in [0.2, 0.25) is 0 Å². The molecule has 0 heterocycles. The molecule has 11 heteroatoms. The van der Waals surface area contributed by atoms with Crippen LogP contribution < -0.4 is 21.3 Å². The van der Waals surface area contributed by atoms with E-state index < -0.39 is 12.1 Å². The number of rotatable bonds is 16. The molecular formula is C22H34N4O5S2. The van der Waals surface area contributed by atoms with Crippen molar-refractivity contribution in [2.75, 3.05) is 31.1 Å². The molecule has 0 aromatic heterocycles. The van der Waals surface area contributed by atoms with Gasteiger partial charge in [0.1, 0.15) is 12.6 Å². The number of ether oxygens (including phenoxy) is 1. The van der Waals surface area contributed by atoms with E-state index in [1.807, 2.05) is 30.3 Å². The van der Waals surface area contributed by atoms with Crippen LogP contribution in [0.4, 0.5) is 4.79 Å². The van der Waals surface area contributed by atoms with Gasteiger partial charge in [-0.1, -0.05) is 30.3 Å². The zero-order valence-corrected chi connectivity index (χ0v) is 20.5. The largest absolute Gasteiger partial charge is 0.445 e. The highest BCUT2D eigenvalue weighted by Gasteiger charge is 2.20. The number of hydrogen-bond acceptors (Lipinski definition) is 7. The minimum absolute atomic E-state index is 0.0591. The van der Waals surface area contributed by atoms with Crippen LogP contribution in [0.3, 0.4) is 0 Å². The Labute approximate surface area is 206 Å². The average molecular weight is 499 g/mol. The summed E-state index contributed by atoms with van der Waals surface area (Å²) in [4.78, 5) is 47.7. The Bertz CT molecular complexity index is 737. The van der Waals surface area contributed by atoms with Crippen molar-refractivity contribution in [3.05, 3.63) is 35.9 Å². The van der Waals surface area contributed by atoms with E-state index in [1.54, 1.807) is 0 Å².